The Kier molecular flexibility index (Phi) is 4.13. The second-order valence-electron chi connectivity index (χ2n) is 6.15. The van der Waals surface area contributed by atoms with Gasteiger partial charge in [0, 0.05) is 17.2 Å². The summed E-state index contributed by atoms with van der Waals surface area (Å²) in [6.45, 7) is -1.22. The molecule has 28 heavy (non-hydrogen) atoms. The normalized spacial score (nSPS) is 15.0. The molecular weight excluding hydrogens is 376 g/mol. The van der Waals surface area contributed by atoms with Crippen LogP contribution >= 0.6 is 0 Å². The third-order valence-corrected chi connectivity index (χ3v) is 4.53. The van der Waals surface area contributed by atoms with Crippen LogP contribution in [0, 0.1) is 6.92 Å². The smallest absolute Gasteiger partial charge is 0.387 e. The molecule has 1 unspecified atom stereocenters. The largest absolute Gasteiger partial charge is 0.493 e. The van der Waals surface area contributed by atoms with Crippen LogP contribution in [-0.4, -0.2) is 33.9 Å². The molecule has 11 heteroatoms. The first-order valence-corrected chi connectivity index (χ1v) is 8.20. The standard InChI is InChI=1S/C17H15F2N5O4/c1-6-10-11(7-3-4-8(28-16(18)19)9(5-7)27-2)12-13(20-14(10)24-23-6)21-17(26)22-15(12)25/h3-5,11,16H,1-2H3,(H4,20,21,22,23,24,25,26). The highest BCUT2D eigenvalue weighted by Gasteiger charge is 2.34. The van der Waals surface area contributed by atoms with Crippen molar-refractivity contribution in [2.75, 3.05) is 12.4 Å². The van der Waals surface area contributed by atoms with Crippen LogP contribution in [0.4, 0.5) is 20.4 Å². The number of benzene rings is 1. The second kappa shape index (κ2) is 6.51. The number of aromatic nitrogens is 4. The summed E-state index contributed by atoms with van der Waals surface area (Å²) in [5.41, 5.74) is 0.995. The summed E-state index contributed by atoms with van der Waals surface area (Å²) < 4.78 is 34.9. The summed E-state index contributed by atoms with van der Waals surface area (Å²) >= 11 is 0. The van der Waals surface area contributed by atoms with Gasteiger partial charge in [0.15, 0.2) is 17.3 Å². The molecule has 9 nitrogen and oxygen atoms in total. The van der Waals surface area contributed by atoms with Crippen molar-refractivity contribution < 1.29 is 18.3 Å². The van der Waals surface area contributed by atoms with Gasteiger partial charge in [-0.3, -0.25) is 19.9 Å². The molecule has 146 valence electrons. The van der Waals surface area contributed by atoms with E-state index < -0.39 is 23.8 Å². The Morgan fingerprint density at radius 3 is 2.64 bits per heavy atom. The lowest BCUT2D eigenvalue weighted by molar-refractivity contribution is -0.0512. The van der Waals surface area contributed by atoms with Gasteiger partial charge >= 0.3 is 12.3 Å². The molecule has 0 saturated heterocycles. The minimum Gasteiger partial charge on any atom is -0.493 e. The average molecular weight is 391 g/mol. The maximum Gasteiger partial charge on any atom is 0.387 e. The predicted molar refractivity (Wildman–Crippen MR) is 94.9 cm³/mol. The Hall–Kier alpha value is -3.63. The molecule has 1 aliphatic rings. The maximum absolute atomic E-state index is 12.6. The number of fused-ring (bicyclic) bond motifs is 2. The van der Waals surface area contributed by atoms with E-state index in [1.165, 1.54) is 19.2 Å². The van der Waals surface area contributed by atoms with Crippen molar-refractivity contribution in [3.8, 4) is 11.5 Å². The Morgan fingerprint density at radius 1 is 1.14 bits per heavy atom. The van der Waals surface area contributed by atoms with E-state index >= 15 is 0 Å². The number of ether oxygens (including phenoxy) is 2. The first-order valence-electron chi connectivity index (χ1n) is 8.20. The number of nitrogens with one attached hydrogen (secondary N) is 4. The Balaban J connectivity index is 1.94. The SMILES string of the molecule is COc1cc(C2c3c(n[nH]c3C)Nc3[nH]c(=O)[nH]c(=O)c32)ccc1OC(F)F. The number of hydrogen-bond acceptors (Lipinski definition) is 6. The zero-order chi connectivity index (χ0) is 20.0. The number of rotatable bonds is 4. The number of anilines is 2. The Morgan fingerprint density at radius 2 is 1.93 bits per heavy atom. The van der Waals surface area contributed by atoms with E-state index in [2.05, 4.69) is 30.2 Å². The molecule has 3 heterocycles. The summed E-state index contributed by atoms with van der Waals surface area (Å²) in [7, 11) is 1.33. The van der Waals surface area contributed by atoms with Crippen molar-refractivity contribution in [1.82, 2.24) is 20.2 Å². The van der Waals surface area contributed by atoms with E-state index in [0.717, 1.165) is 0 Å². The first kappa shape index (κ1) is 17.8. The summed E-state index contributed by atoms with van der Waals surface area (Å²) in [6, 6.07) is 4.41. The van der Waals surface area contributed by atoms with E-state index in [0.29, 0.717) is 22.6 Å². The summed E-state index contributed by atoms with van der Waals surface area (Å²) in [6.07, 6.45) is 0. The minimum atomic E-state index is -3.00. The van der Waals surface area contributed by atoms with Gasteiger partial charge in [-0.15, -0.1) is 0 Å². The highest BCUT2D eigenvalue weighted by Crippen LogP contribution is 2.44. The van der Waals surface area contributed by atoms with Gasteiger partial charge in [-0.2, -0.15) is 13.9 Å². The molecule has 4 N–H and O–H groups in total. The quantitative estimate of drug-likeness (QED) is 0.421. The second-order valence-corrected chi connectivity index (χ2v) is 6.15. The van der Waals surface area contributed by atoms with Crippen LogP contribution in [-0.2, 0) is 0 Å². The van der Waals surface area contributed by atoms with Crippen molar-refractivity contribution >= 4 is 11.6 Å². The zero-order valence-corrected chi connectivity index (χ0v) is 14.7. The average Bonchev–Trinajstić information content (AvgIpc) is 3.00. The Labute approximate surface area is 155 Å². The lowest BCUT2D eigenvalue weighted by atomic mass is 9.83. The molecule has 0 radical (unpaired) electrons. The van der Waals surface area contributed by atoms with Crippen molar-refractivity contribution in [2.45, 2.75) is 19.5 Å². The van der Waals surface area contributed by atoms with Gasteiger partial charge in [0.25, 0.3) is 5.56 Å². The molecule has 0 aliphatic carbocycles. The van der Waals surface area contributed by atoms with Crippen LogP contribution in [0.25, 0.3) is 0 Å². The fraction of sp³-hybridized carbons (Fsp3) is 0.235. The molecule has 0 saturated carbocycles. The molecule has 1 aromatic carbocycles. The highest BCUT2D eigenvalue weighted by atomic mass is 19.3. The predicted octanol–water partition coefficient (Wildman–Crippen LogP) is 1.94. The summed E-state index contributed by atoms with van der Waals surface area (Å²) in [5.74, 6) is -0.00999. The van der Waals surface area contributed by atoms with Gasteiger partial charge in [0.1, 0.15) is 5.82 Å². The van der Waals surface area contributed by atoms with E-state index in [1.54, 1.807) is 13.0 Å². The number of aryl methyl sites for hydroxylation is 1. The highest BCUT2D eigenvalue weighted by molar-refractivity contribution is 5.71. The fourth-order valence-electron chi connectivity index (χ4n) is 3.41. The molecular formula is C17H15F2N5O4. The lowest BCUT2D eigenvalue weighted by Crippen LogP contribution is -2.31. The summed E-state index contributed by atoms with van der Waals surface area (Å²) in [5, 5.41) is 9.94. The van der Waals surface area contributed by atoms with E-state index in [1.807, 2.05) is 0 Å². The van der Waals surface area contributed by atoms with E-state index in [9.17, 15) is 18.4 Å². The minimum absolute atomic E-state index is 0.0847. The number of alkyl halides is 2. The van der Waals surface area contributed by atoms with Crippen LogP contribution in [0.5, 0.6) is 11.5 Å². The van der Waals surface area contributed by atoms with Crippen molar-refractivity contribution in [2.24, 2.45) is 0 Å². The number of aromatic amines is 3. The van der Waals surface area contributed by atoms with Crippen LogP contribution in [0.2, 0.25) is 0 Å². The molecule has 2 aromatic heterocycles. The number of hydrogen-bond donors (Lipinski definition) is 4. The van der Waals surface area contributed by atoms with E-state index in [4.69, 9.17) is 4.74 Å². The molecule has 0 fully saturated rings. The van der Waals surface area contributed by atoms with Crippen molar-refractivity contribution in [3.63, 3.8) is 0 Å². The molecule has 0 bridgehead atoms. The maximum atomic E-state index is 12.6. The van der Waals surface area contributed by atoms with Crippen molar-refractivity contribution in [1.29, 1.82) is 0 Å². The topological polar surface area (TPSA) is 125 Å². The van der Waals surface area contributed by atoms with Crippen molar-refractivity contribution in [3.05, 3.63) is 61.4 Å². The zero-order valence-electron chi connectivity index (χ0n) is 14.7. The molecule has 3 aromatic rings. The third-order valence-electron chi connectivity index (χ3n) is 4.53. The third kappa shape index (κ3) is 2.80. The van der Waals surface area contributed by atoms with Gasteiger partial charge in [-0.05, 0) is 24.6 Å². The van der Waals surface area contributed by atoms with Gasteiger partial charge in [0.2, 0.25) is 0 Å². The molecule has 0 amide bonds. The van der Waals surface area contributed by atoms with Gasteiger partial charge < -0.3 is 14.8 Å². The number of halogens is 2. The number of H-pyrrole nitrogens is 3. The fourth-order valence-corrected chi connectivity index (χ4v) is 3.41. The van der Waals surface area contributed by atoms with Crippen LogP contribution in [0.15, 0.2) is 27.8 Å². The Bertz CT molecular complexity index is 1170. The van der Waals surface area contributed by atoms with Gasteiger partial charge in [-0.1, -0.05) is 6.07 Å². The van der Waals surface area contributed by atoms with Gasteiger partial charge in [-0.25, -0.2) is 4.79 Å². The number of methoxy groups -OCH3 is 1. The monoisotopic (exact) mass is 391 g/mol. The van der Waals surface area contributed by atoms with Crippen LogP contribution in [0.1, 0.15) is 28.3 Å². The molecule has 1 aliphatic heterocycles. The summed E-state index contributed by atoms with van der Waals surface area (Å²) in [4.78, 5) is 29.0. The van der Waals surface area contributed by atoms with E-state index in [-0.39, 0.29) is 22.9 Å². The van der Waals surface area contributed by atoms with Crippen LogP contribution < -0.4 is 26.0 Å². The van der Waals surface area contributed by atoms with Gasteiger partial charge in [0.05, 0.1) is 12.7 Å². The molecule has 0 spiro atoms. The molecule has 1 atom stereocenters. The first-order chi connectivity index (χ1) is 13.4. The number of nitrogens with zero attached hydrogens (tertiary/aromatic N) is 1. The van der Waals surface area contributed by atoms with Crippen LogP contribution in [0.3, 0.4) is 0 Å². The molecule has 4 rings (SSSR count). The lowest BCUT2D eigenvalue weighted by Gasteiger charge is -2.26.